The number of aliphatic hydroxyl groups excluding tert-OH is 1. The third kappa shape index (κ3) is 2.53. The molecule has 0 aromatic heterocycles. The van der Waals surface area contributed by atoms with Gasteiger partial charge in [-0.3, -0.25) is 0 Å². The number of phenols is 1. The highest BCUT2D eigenvalue weighted by atomic mass is 35.5. The molecule has 5 heteroatoms. The Morgan fingerprint density at radius 1 is 1.47 bits per heavy atom. The fourth-order valence-corrected chi connectivity index (χ4v) is 1.44. The molecule has 1 aromatic carbocycles. The highest BCUT2D eigenvalue weighted by Gasteiger charge is 2.16. The van der Waals surface area contributed by atoms with Crippen LogP contribution in [0.5, 0.6) is 11.5 Å². The van der Waals surface area contributed by atoms with Crippen LogP contribution in [0, 0.1) is 0 Å². The lowest BCUT2D eigenvalue weighted by atomic mass is 10.0. The Kier molecular flexibility index (Phi) is 3.79. The molecular formula is C10H14ClNO3. The lowest BCUT2D eigenvalue weighted by Crippen LogP contribution is -2.23. The molecule has 0 radical (unpaired) electrons. The minimum absolute atomic E-state index is 0.124. The van der Waals surface area contributed by atoms with Crippen molar-refractivity contribution in [3.8, 4) is 11.5 Å². The largest absolute Gasteiger partial charge is 0.503 e. The summed E-state index contributed by atoms with van der Waals surface area (Å²) in [5, 5.41) is 19.0. The first-order valence-corrected chi connectivity index (χ1v) is 4.85. The van der Waals surface area contributed by atoms with Crippen molar-refractivity contribution in [2.45, 2.75) is 19.1 Å². The number of ether oxygens (including phenoxy) is 1. The van der Waals surface area contributed by atoms with Crippen LogP contribution in [0.2, 0.25) is 5.02 Å². The van der Waals surface area contributed by atoms with Crippen LogP contribution in [-0.4, -0.2) is 23.4 Å². The lowest BCUT2D eigenvalue weighted by molar-refractivity contribution is 0.164. The summed E-state index contributed by atoms with van der Waals surface area (Å²) in [6.07, 6.45) is -0.699. The summed E-state index contributed by atoms with van der Waals surface area (Å²) in [5.41, 5.74) is 6.35. The molecule has 0 aliphatic rings. The summed E-state index contributed by atoms with van der Waals surface area (Å²) in [6, 6.07) is 2.51. The number of nitrogens with two attached hydrogens (primary N) is 1. The van der Waals surface area contributed by atoms with E-state index in [0.717, 1.165) is 0 Å². The van der Waals surface area contributed by atoms with Crippen LogP contribution in [0.4, 0.5) is 0 Å². The van der Waals surface area contributed by atoms with E-state index < -0.39 is 12.1 Å². The van der Waals surface area contributed by atoms with E-state index in [9.17, 15) is 10.2 Å². The SMILES string of the molecule is COc1cc([C@H](N)[C@@H](C)O)cc(Cl)c1O. The van der Waals surface area contributed by atoms with E-state index in [1.807, 2.05) is 0 Å². The topological polar surface area (TPSA) is 75.7 Å². The number of halogens is 1. The summed E-state index contributed by atoms with van der Waals surface area (Å²) in [6.45, 7) is 1.58. The fourth-order valence-electron chi connectivity index (χ4n) is 1.22. The molecule has 0 spiro atoms. The van der Waals surface area contributed by atoms with Crippen LogP contribution in [0.3, 0.4) is 0 Å². The normalized spacial score (nSPS) is 14.7. The predicted molar refractivity (Wildman–Crippen MR) is 58.3 cm³/mol. The maximum absolute atomic E-state index is 9.48. The zero-order valence-electron chi connectivity index (χ0n) is 8.57. The maximum Gasteiger partial charge on any atom is 0.176 e. The lowest BCUT2D eigenvalue weighted by Gasteiger charge is -2.17. The Balaban J connectivity index is 3.16. The third-order valence-corrected chi connectivity index (χ3v) is 2.46. The first kappa shape index (κ1) is 12.1. The molecule has 0 fully saturated rings. The number of phenolic OH excluding ortho intramolecular Hbond substituents is 1. The second-order valence-electron chi connectivity index (χ2n) is 3.32. The van der Waals surface area contributed by atoms with Gasteiger partial charge in [0.25, 0.3) is 0 Å². The molecule has 1 aromatic rings. The Morgan fingerprint density at radius 2 is 2.07 bits per heavy atom. The van der Waals surface area contributed by atoms with Gasteiger partial charge in [-0.15, -0.1) is 0 Å². The van der Waals surface area contributed by atoms with Crippen molar-refractivity contribution >= 4 is 11.6 Å². The number of methoxy groups -OCH3 is 1. The first-order chi connectivity index (χ1) is 6.97. The third-order valence-electron chi connectivity index (χ3n) is 2.18. The van der Waals surface area contributed by atoms with Crippen LogP contribution < -0.4 is 10.5 Å². The van der Waals surface area contributed by atoms with Crippen LogP contribution in [0.25, 0.3) is 0 Å². The standard InChI is InChI=1S/C10H14ClNO3/c1-5(13)9(12)6-3-7(11)10(14)8(4-6)15-2/h3-5,9,13-14H,12H2,1-2H3/t5-,9-/m1/s1. The van der Waals surface area contributed by atoms with Crippen molar-refractivity contribution in [3.05, 3.63) is 22.7 Å². The van der Waals surface area contributed by atoms with Gasteiger partial charge in [0.2, 0.25) is 0 Å². The monoisotopic (exact) mass is 231 g/mol. The van der Waals surface area contributed by atoms with Crippen LogP contribution in [0.1, 0.15) is 18.5 Å². The summed E-state index contributed by atoms with van der Waals surface area (Å²) in [4.78, 5) is 0. The summed E-state index contributed by atoms with van der Waals surface area (Å²) in [5.74, 6) is 0.120. The van der Waals surface area contributed by atoms with Crippen LogP contribution in [0.15, 0.2) is 12.1 Å². The average molecular weight is 232 g/mol. The van der Waals surface area contributed by atoms with Gasteiger partial charge in [-0.05, 0) is 24.6 Å². The van der Waals surface area contributed by atoms with Gasteiger partial charge >= 0.3 is 0 Å². The summed E-state index contributed by atoms with van der Waals surface area (Å²) in [7, 11) is 1.42. The molecule has 1 rings (SSSR count). The molecule has 0 bridgehead atoms. The zero-order valence-corrected chi connectivity index (χ0v) is 9.32. The molecule has 4 nitrogen and oxygen atoms in total. The molecule has 0 saturated carbocycles. The van der Waals surface area contributed by atoms with Crippen molar-refractivity contribution in [2.75, 3.05) is 7.11 Å². The van der Waals surface area contributed by atoms with E-state index in [2.05, 4.69) is 0 Å². The Bertz CT molecular complexity index is 355. The van der Waals surface area contributed by atoms with E-state index >= 15 is 0 Å². The Hall–Kier alpha value is -0.970. The number of benzene rings is 1. The van der Waals surface area contributed by atoms with E-state index in [1.54, 1.807) is 13.0 Å². The van der Waals surface area contributed by atoms with Gasteiger partial charge in [-0.25, -0.2) is 0 Å². The summed E-state index contributed by atoms with van der Waals surface area (Å²) < 4.78 is 4.92. The second kappa shape index (κ2) is 4.70. The molecule has 0 amide bonds. The van der Waals surface area contributed by atoms with Gasteiger partial charge in [-0.2, -0.15) is 0 Å². The average Bonchev–Trinajstić information content (AvgIpc) is 2.20. The fraction of sp³-hybridized carbons (Fsp3) is 0.400. The van der Waals surface area contributed by atoms with Crippen LogP contribution >= 0.6 is 11.6 Å². The quantitative estimate of drug-likeness (QED) is 0.736. The van der Waals surface area contributed by atoms with Gasteiger partial charge in [0.1, 0.15) is 0 Å². The predicted octanol–water partition coefficient (Wildman–Crippen LogP) is 1.43. The maximum atomic E-state index is 9.48. The van der Waals surface area contributed by atoms with Gasteiger partial charge in [-0.1, -0.05) is 11.6 Å². The number of aromatic hydroxyl groups is 1. The zero-order chi connectivity index (χ0) is 11.6. The van der Waals surface area contributed by atoms with Gasteiger partial charge in [0.05, 0.1) is 24.3 Å². The Labute approximate surface area is 93.2 Å². The van der Waals surface area contributed by atoms with Crippen LogP contribution in [-0.2, 0) is 0 Å². The molecule has 15 heavy (non-hydrogen) atoms. The second-order valence-corrected chi connectivity index (χ2v) is 3.73. The molecule has 0 saturated heterocycles. The van der Waals surface area contributed by atoms with Crippen molar-refractivity contribution < 1.29 is 14.9 Å². The minimum Gasteiger partial charge on any atom is -0.503 e. The van der Waals surface area contributed by atoms with E-state index in [0.29, 0.717) is 5.56 Å². The molecule has 0 heterocycles. The number of hydrogen-bond acceptors (Lipinski definition) is 4. The van der Waals surface area contributed by atoms with Crippen molar-refractivity contribution in [2.24, 2.45) is 5.73 Å². The molecule has 0 aliphatic heterocycles. The molecule has 0 aliphatic carbocycles. The minimum atomic E-state index is -0.699. The molecule has 84 valence electrons. The van der Waals surface area contributed by atoms with E-state index in [4.69, 9.17) is 22.1 Å². The first-order valence-electron chi connectivity index (χ1n) is 4.47. The molecule has 2 atom stereocenters. The number of rotatable bonds is 3. The highest BCUT2D eigenvalue weighted by molar-refractivity contribution is 6.32. The summed E-state index contributed by atoms with van der Waals surface area (Å²) >= 11 is 5.78. The van der Waals surface area contributed by atoms with E-state index in [1.165, 1.54) is 13.2 Å². The van der Waals surface area contributed by atoms with Crippen molar-refractivity contribution in [3.63, 3.8) is 0 Å². The van der Waals surface area contributed by atoms with Gasteiger partial charge < -0.3 is 20.7 Å². The molecular weight excluding hydrogens is 218 g/mol. The molecule has 0 unspecified atom stereocenters. The Morgan fingerprint density at radius 3 is 2.53 bits per heavy atom. The van der Waals surface area contributed by atoms with Crippen molar-refractivity contribution in [1.82, 2.24) is 0 Å². The van der Waals surface area contributed by atoms with E-state index in [-0.39, 0.29) is 16.5 Å². The van der Waals surface area contributed by atoms with Crippen molar-refractivity contribution in [1.29, 1.82) is 0 Å². The number of aliphatic hydroxyl groups is 1. The van der Waals surface area contributed by atoms with Gasteiger partial charge in [0.15, 0.2) is 11.5 Å². The van der Waals surface area contributed by atoms with Gasteiger partial charge in [0, 0.05) is 0 Å². The smallest absolute Gasteiger partial charge is 0.176 e. The number of hydrogen-bond donors (Lipinski definition) is 3. The molecule has 4 N–H and O–H groups in total. The highest BCUT2D eigenvalue weighted by Crippen LogP contribution is 2.36.